The van der Waals surface area contributed by atoms with Gasteiger partial charge < -0.3 is 5.32 Å². The molecule has 10 heteroatoms. The maximum atomic E-state index is 13.3. The van der Waals surface area contributed by atoms with Crippen molar-refractivity contribution in [1.29, 1.82) is 0 Å². The quantitative estimate of drug-likeness (QED) is 0.590. The number of carbonyl (C=O) groups excluding carboxylic acids is 1. The third-order valence-corrected chi connectivity index (χ3v) is 4.86. The standard InChI is InChI=1S/C19H15F4N3O2S/c20-14-6-5-12(11-13(14)19(21,22)23)24-17(27)4-1-9-26-18(28)8-7-15(25-26)16-3-2-10-29-16/h2-3,5-8,10-11H,1,4,9H2,(H,24,27). The largest absolute Gasteiger partial charge is 0.419 e. The first kappa shape index (κ1) is 20.7. The number of anilines is 1. The van der Waals surface area contributed by atoms with Gasteiger partial charge in [-0.1, -0.05) is 6.07 Å². The van der Waals surface area contributed by atoms with Gasteiger partial charge in [0.25, 0.3) is 5.56 Å². The van der Waals surface area contributed by atoms with Crippen LogP contribution in [0.1, 0.15) is 18.4 Å². The highest BCUT2D eigenvalue weighted by molar-refractivity contribution is 7.13. The number of nitrogens with zero attached hydrogens (tertiary/aromatic N) is 2. The van der Waals surface area contributed by atoms with Crippen molar-refractivity contribution >= 4 is 22.9 Å². The smallest absolute Gasteiger partial charge is 0.326 e. The average Bonchev–Trinajstić information content (AvgIpc) is 3.18. The zero-order valence-corrected chi connectivity index (χ0v) is 15.7. The molecule has 3 rings (SSSR count). The lowest BCUT2D eigenvalue weighted by molar-refractivity contribution is -0.140. The predicted octanol–water partition coefficient (Wildman–Crippen LogP) is 4.55. The highest BCUT2D eigenvalue weighted by Crippen LogP contribution is 2.33. The molecule has 152 valence electrons. The maximum Gasteiger partial charge on any atom is 0.419 e. The third-order valence-electron chi connectivity index (χ3n) is 3.97. The summed E-state index contributed by atoms with van der Waals surface area (Å²) in [4.78, 5) is 24.8. The Morgan fingerprint density at radius 2 is 1.97 bits per heavy atom. The van der Waals surface area contributed by atoms with Gasteiger partial charge in [0.15, 0.2) is 0 Å². The molecule has 5 nitrogen and oxygen atoms in total. The van der Waals surface area contributed by atoms with Gasteiger partial charge in [0, 0.05) is 24.7 Å². The SMILES string of the molecule is O=C(CCCn1nc(-c2cccs2)ccc1=O)Nc1ccc(F)c(C(F)(F)F)c1. The van der Waals surface area contributed by atoms with Gasteiger partial charge in [-0.3, -0.25) is 9.59 Å². The lowest BCUT2D eigenvalue weighted by atomic mass is 10.1. The Bertz CT molecular complexity index is 1060. The summed E-state index contributed by atoms with van der Waals surface area (Å²) in [5.74, 6) is -1.96. The van der Waals surface area contributed by atoms with E-state index in [1.54, 1.807) is 6.07 Å². The third kappa shape index (κ3) is 5.29. The van der Waals surface area contributed by atoms with E-state index in [0.717, 1.165) is 10.9 Å². The molecule has 0 aliphatic heterocycles. The molecule has 1 aromatic carbocycles. The minimum absolute atomic E-state index is 0.0456. The molecule has 0 aliphatic rings. The van der Waals surface area contributed by atoms with Gasteiger partial charge in [-0.2, -0.15) is 18.3 Å². The van der Waals surface area contributed by atoms with Crippen LogP contribution in [0.4, 0.5) is 23.2 Å². The van der Waals surface area contributed by atoms with Gasteiger partial charge in [-0.05, 0) is 42.1 Å². The molecule has 0 saturated carbocycles. The fourth-order valence-corrected chi connectivity index (χ4v) is 3.29. The molecule has 0 fully saturated rings. The molecular weight excluding hydrogens is 410 g/mol. The van der Waals surface area contributed by atoms with E-state index in [1.165, 1.54) is 22.1 Å². The molecule has 0 radical (unpaired) electrons. The number of nitrogens with one attached hydrogen (secondary N) is 1. The Hall–Kier alpha value is -3.01. The second-order valence-corrected chi connectivity index (χ2v) is 7.05. The summed E-state index contributed by atoms with van der Waals surface area (Å²) in [6.07, 6.45) is -4.65. The first-order valence-electron chi connectivity index (χ1n) is 8.53. The van der Waals surface area contributed by atoms with Crippen LogP contribution in [0.15, 0.2) is 52.6 Å². The summed E-state index contributed by atoms with van der Waals surface area (Å²) < 4.78 is 52.7. The highest BCUT2D eigenvalue weighted by Gasteiger charge is 2.34. The van der Waals surface area contributed by atoms with E-state index in [2.05, 4.69) is 10.4 Å². The van der Waals surface area contributed by atoms with Crippen molar-refractivity contribution in [2.45, 2.75) is 25.6 Å². The van der Waals surface area contributed by atoms with Crippen LogP contribution in [0, 0.1) is 5.82 Å². The molecule has 2 aromatic heterocycles. The Balaban J connectivity index is 1.60. The number of aryl methyl sites for hydroxylation is 1. The summed E-state index contributed by atoms with van der Waals surface area (Å²) in [5, 5.41) is 8.45. The summed E-state index contributed by atoms with van der Waals surface area (Å²) >= 11 is 1.48. The van der Waals surface area contributed by atoms with Crippen molar-refractivity contribution in [1.82, 2.24) is 9.78 Å². The number of rotatable bonds is 6. The average molecular weight is 425 g/mol. The first-order chi connectivity index (χ1) is 13.7. The van der Waals surface area contributed by atoms with E-state index in [4.69, 9.17) is 0 Å². The number of thiophene rings is 1. The molecule has 0 spiro atoms. The molecule has 1 N–H and O–H groups in total. The van der Waals surface area contributed by atoms with Crippen LogP contribution in [-0.4, -0.2) is 15.7 Å². The van der Waals surface area contributed by atoms with Crippen LogP contribution in [0.5, 0.6) is 0 Å². The van der Waals surface area contributed by atoms with Crippen LogP contribution in [0.3, 0.4) is 0 Å². The van der Waals surface area contributed by atoms with E-state index in [-0.39, 0.29) is 30.6 Å². The maximum absolute atomic E-state index is 13.3. The molecule has 3 aromatic rings. The van der Waals surface area contributed by atoms with Crippen LogP contribution < -0.4 is 10.9 Å². The number of alkyl halides is 3. The van der Waals surface area contributed by atoms with Gasteiger partial charge in [0.05, 0.1) is 10.4 Å². The van der Waals surface area contributed by atoms with Crippen molar-refractivity contribution in [3.8, 4) is 10.6 Å². The number of carbonyl (C=O) groups is 1. The van der Waals surface area contributed by atoms with E-state index in [9.17, 15) is 27.2 Å². The van der Waals surface area contributed by atoms with Crippen molar-refractivity contribution < 1.29 is 22.4 Å². The van der Waals surface area contributed by atoms with E-state index >= 15 is 0 Å². The predicted molar refractivity (Wildman–Crippen MR) is 101 cm³/mol. The van der Waals surface area contributed by atoms with Gasteiger partial charge in [-0.25, -0.2) is 9.07 Å². The highest BCUT2D eigenvalue weighted by atomic mass is 32.1. The summed E-state index contributed by atoms with van der Waals surface area (Å²) in [5.41, 5.74) is -1.29. The van der Waals surface area contributed by atoms with Gasteiger partial charge in [0.1, 0.15) is 11.5 Å². The molecule has 0 saturated heterocycles. The second-order valence-electron chi connectivity index (χ2n) is 6.10. The van der Waals surface area contributed by atoms with Crippen molar-refractivity contribution in [2.75, 3.05) is 5.32 Å². The molecule has 0 unspecified atom stereocenters. The molecule has 0 bridgehead atoms. The lowest BCUT2D eigenvalue weighted by Gasteiger charge is -2.11. The number of benzene rings is 1. The van der Waals surface area contributed by atoms with Crippen LogP contribution in [0.2, 0.25) is 0 Å². The summed E-state index contributed by atoms with van der Waals surface area (Å²) in [6.45, 7) is 0.169. The van der Waals surface area contributed by atoms with Crippen LogP contribution >= 0.6 is 11.3 Å². The number of amides is 1. The molecular formula is C19H15F4N3O2S. The first-order valence-corrected chi connectivity index (χ1v) is 9.40. The summed E-state index contributed by atoms with van der Waals surface area (Å²) in [7, 11) is 0. The number of halogens is 4. The minimum Gasteiger partial charge on any atom is -0.326 e. The van der Waals surface area contributed by atoms with E-state index < -0.39 is 23.5 Å². The topological polar surface area (TPSA) is 64.0 Å². The number of aromatic nitrogens is 2. The van der Waals surface area contributed by atoms with Crippen molar-refractivity contribution in [2.24, 2.45) is 0 Å². The van der Waals surface area contributed by atoms with Crippen LogP contribution in [0.25, 0.3) is 10.6 Å². The van der Waals surface area contributed by atoms with E-state index in [0.29, 0.717) is 17.8 Å². The molecule has 0 aliphatic carbocycles. The molecule has 2 heterocycles. The Morgan fingerprint density at radius 3 is 2.66 bits per heavy atom. The summed E-state index contributed by atoms with van der Waals surface area (Å²) in [6, 6.07) is 8.98. The minimum atomic E-state index is -4.86. The fraction of sp³-hybridized carbons (Fsp3) is 0.211. The fourth-order valence-electron chi connectivity index (χ4n) is 2.60. The Labute approximate surface area is 166 Å². The van der Waals surface area contributed by atoms with Gasteiger partial charge in [0.2, 0.25) is 5.91 Å². The monoisotopic (exact) mass is 425 g/mol. The molecule has 1 amide bonds. The zero-order chi connectivity index (χ0) is 21.0. The number of hydrogen-bond donors (Lipinski definition) is 1. The van der Waals surface area contributed by atoms with Crippen molar-refractivity contribution in [3.63, 3.8) is 0 Å². The Morgan fingerprint density at radius 1 is 1.17 bits per heavy atom. The Kier molecular flexibility index (Phi) is 6.12. The van der Waals surface area contributed by atoms with Crippen molar-refractivity contribution in [3.05, 3.63) is 69.6 Å². The second kappa shape index (κ2) is 8.56. The van der Waals surface area contributed by atoms with Gasteiger partial charge >= 0.3 is 6.18 Å². The normalized spacial score (nSPS) is 11.4. The number of hydrogen-bond acceptors (Lipinski definition) is 4. The van der Waals surface area contributed by atoms with Gasteiger partial charge in [-0.15, -0.1) is 11.3 Å². The zero-order valence-electron chi connectivity index (χ0n) is 14.9. The molecule has 29 heavy (non-hydrogen) atoms. The van der Waals surface area contributed by atoms with Crippen LogP contribution in [-0.2, 0) is 17.5 Å². The lowest BCUT2D eigenvalue weighted by Crippen LogP contribution is -2.23. The van der Waals surface area contributed by atoms with E-state index in [1.807, 2.05) is 17.5 Å². The molecule has 0 atom stereocenters.